The highest BCUT2D eigenvalue weighted by Gasteiger charge is 2.05. The number of thiophene rings is 1. The van der Waals surface area contributed by atoms with Crippen LogP contribution in [0.15, 0.2) is 18.2 Å². The van der Waals surface area contributed by atoms with Crippen molar-refractivity contribution in [3.05, 3.63) is 26.6 Å². The van der Waals surface area contributed by atoms with E-state index in [4.69, 9.17) is 0 Å². The molecule has 0 fully saturated rings. The molecule has 12 heavy (non-hydrogen) atoms. The number of fused-ring (bicyclic) bond motifs is 1. The van der Waals surface area contributed by atoms with Crippen molar-refractivity contribution in [1.82, 2.24) is 0 Å². The first-order valence-corrected chi connectivity index (χ1v) is 5.45. The van der Waals surface area contributed by atoms with Gasteiger partial charge in [-0.1, -0.05) is 0 Å². The third-order valence-electron chi connectivity index (χ3n) is 1.75. The summed E-state index contributed by atoms with van der Waals surface area (Å²) in [5.74, 6) is 0.414. The zero-order valence-electron chi connectivity index (χ0n) is 6.47. The van der Waals surface area contributed by atoms with Crippen LogP contribution in [-0.2, 0) is 0 Å². The van der Waals surface area contributed by atoms with Crippen LogP contribution in [0.5, 0.6) is 5.75 Å². The minimum absolute atomic E-state index is 0.414. The van der Waals surface area contributed by atoms with E-state index in [0.717, 1.165) is 13.7 Å². The van der Waals surface area contributed by atoms with Gasteiger partial charge in [-0.25, -0.2) is 0 Å². The smallest absolute Gasteiger partial charge is 0.137 e. The van der Waals surface area contributed by atoms with E-state index in [1.165, 1.54) is 4.88 Å². The van der Waals surface area contributed by atoms with Crippen molar-refractivity contribution in [2.75, 3.05) is 0 Å². The van der Waals surface area contributed by atoms with Gasteiger partial charge in [0.2, 0.25) is 0 Å². The fourth-order valence-corrected chi connectivity index (χ4v) is 2.59. The quantitative estimate of drug-likeness (QED) is 0.736. The molecule has 1 aromatic carbocycles. The molecule has 0 spiro atoms. The number of phenolic OH excluding ortho intramolecular Hbond substituents is 1. The summed E-state index contributed by atoms with van der Waals surface area (Å²) < 4.78 is 2.07. The highest BCUT2D eigenvalue weighted by atomic mass is 127. The van der Waals surface area contributed by atoms with Crippen LogP contribution in [0.1, 0.15) is 4.88 Å². The molecule has 0 aliphatic carbocycles. The number of halogens is 1. The number of hydrogen-bond acceptors (Lipinski definition) is 2. The second kappa shape index (κ2) is 2.88. The fraction of sp³-hybridized carbons (Fsp3) is 0.111. The molecule has 0 saturated carbocycles. The van der Waals surface area contributed by atoms with Gasteiger partial charge in [0.1, 0.15) is 5.75 Å². The Morgan fingerprint density at radius 1 is 1.42 bits per heavy atom. The molecule has 1 aromatic heterocycles. The molecule has 2 rings (SSSR count). The van der Waals surface area contributed by atoms with Gasteiger partial charge in [-0.2, -0.15) is 0 Å². The summed E-state index contributed by atoms with van der Waals surface area (Å²) in [7, 11) is 0. The summed E-state index contributed by atoms with van der Waals surface area (Å²) in [6.07, 6.45) is 0. The van der Waals surface area contributed by atoms with Crippen LogP contribution >= 0.6 is 33.9 Å². The normalized spacial score (nSPS) is 10.8. The first kappa shape index (κ1) is 8.31. The van der Waals surface area contributed by atoms with E-state index in [2.05, 4.69) is 35.6 Å². The van der Waals surface area contributed by atoms with Gasteiger partial charge in [0.05, 0.1) is 3.57 Å². The molecule has 0 saturated heterocycles. The van der Waals surface area contributed by atoms with Crippen LogP contribution in [-0.4, -0.2) is 5.11 Å². The minimum Gasteiger partial charge on any atom is -0.506 e. The first-order chi connectivity index (χ1) is 5.68. The van der Waals surface area contributed by atoms with Gasteiger partial charge in [0.25, 0.3) is 0 Å². The lowest BCUT2D eigenvalue weighted by atomic mass is 10.2. The molecule has 0 amide bonds. The molecule has 1 heterocycles. The van der Waals surface area contributed by atoms with Crippen LogP contribution in [0.2, 0.25) is 0 Å². The monoisotopic (exact) mass is 290 g/mol. The second-order valence-electron chi connectivity index (χ2n) is 2.66. The van der Waals surface area contributed by atoms with Gasteiger partial charge < -0.3 is 5.11 Å². The summed E-state index contributed by atoms with van der Waals surface area (Å²) in [5, 5.41) is 10.6. The molecule has 2 aromatic rings. The summed E-state index contributed by atoms with van der Waals surface area (Å²) in [4.78, 5) is 1.24. The zero-order chi connectivity index (χ0) is 8.72. The van der Waals surface area contributed by atoms with E-state index in [9.17, 15) is 5.11 Å². The Kier molecular flexibility index (Phi) is 2.00. The molecule has 1 nitrogen and oxygen atoms in total. The van der Waals surface area contributed by atoms with E-state index >= 15 is 0 Å². The summed E-state index contributed by atoms with van der Waals surface area (Å²) in [5.41, 5.74) is 0. The van der Waals surface area contributed by atoms with Crippen molar-refractivity contribution in [3.63, 3.8) is 0 Å². The topological polar surface area (TPSA) is 20.2 Å². The highest BCUT2D eigenvalue weighted by Crippen LogP contribution is 2.34. The van der Waals surface area contributed by atoms with Crippen molar-refractivity contribution in [3.8, 4) is 5.75 Å². The van der Waals surface area contributed by atoms with Crippen LogP contribution in [0.25, 0.3) is 10.1 Å². The predicted molar refractivity (Wildman–Crippen MR) is 60.9 cm³/mol. The van der Waals surface area contributed by atoms with Gasteiger partial charge in [0, 0.05) is 15.0 Å². The molecule has 3 heteroatoms. The lowest BCUT2D eigenvalue weighted by molar-refractivity contribution is 0.478. The lowest BCUT2D eigenvalue weighted by Gasteiger charge is -1.96. The molecular weight excluding hydrogens is 283 g/mol. The van der Waals surface area contributed by atoms with Gasteiger partial charge in [-0.05, 0) is 47.7 Å². The third-order valence-corrected chi connectivity index (χ3v) is 3.63. The van der Waals surface area contributed by atoms with E-state index in [-0.39, 0.29) is 0 Å². The number of aryl methyl sites for hydroxylation is 1. The maximum Gasteiger partial charge on any atom is 0.137 e. The van der Waals surface area contributed by atoms with Crippen LogP contribution in [0, 0.1) is 10.5 Å². The van der Waals surface area contributed by atoms with Crippen LogP contribution in [0.4, 0.5) is 0 Å². The van der Waals surface area contributed by atoms with Crippen molar-refractivity contribution >= 4 is 44.0 Å². The predicted octanol–water partition coefficient (Wildman–Crippen LogP) is 3.52. The summed E-state index contributed by atoms with van der Waals surface area (Å²) in [6, 6.07) is 6.01. The highest BCUT2D eigenvalue weighted by molar-refractivity contribution is 14.1. The molecule has 0 radical (unpaired) electrons. The molecule has 0 bridgehead atoms. The molecular formula is C9H7IOS. The molecule has 1 N–H and O–H groups in total. The second-order valence-corrected chi connectivity index (χ2v) is 5.11. The molecule has 0 unspecified atom stereocenters. The number of aromatic hydroxyl groups is 1. The summed E-state index contributed by atoms with van der Waals surface area (Å²) >= 11 is 3.85. The number of rotatable bonds is 0. The Balaban J connectivity index is 2.89. The average molecular weight is 290 g/mol. The van der Waals surface area contributed by atoms with Gasteiger partial charge in [-0.3, -0.25) is 0 Å². The SMILES string of the molecule is Cc1cc2c(O)c(I)ccc2s1. The average Bonchev–Trinajstić information content (AvgIpc) is 2.39. The molecule has 0 atom stereocenters. The minimum atomic E-state index is 0.414. The van der Waals surface area contributed by atoms with Gasteiger partial charge in [0.15, 0.2) is 0 Å². The Bertz CT molecular complexity index is 433. The van der Waals surface area contributed by atoms with Crippen molar-refractivity contribution in [2.24, 2.45) is 0 Å². The van der Waals surface area contributed by atoms with Crippen molar-refractivity contribution in [2.45, 2.75) is 6.92 Å². The van der Waals surface area contributed by atoms with E-state index in [1.54, 1.807) is 11.3 Å². The largest absolute Gasteiger partial charge is 0.506 e. The van der Waals surface area contributed by atoms with Gasteiger partial charge in [-0.15, -0.1) is 11.3 Å². The molecule has 62 valence electrons. The Hall–Kier alpha value is -0.290. The van der Waals surface area contributed by atoms with Gasteiger partial charge >= 0.3 is 0 Å². The van der Waals surface area contributed by atoms with E-state index in [1.807, 2.05) is 12.1 Å². The van der Waals surface area contributed by atoms with Crippen LogP contribution in [0.3, 0.4) is 0 Å². The van der Waals surface area contributed by atoms with E-state index in [0.29, 0.717) is 5.75 Å². The number of benzene rings is 1. The Morgan fingerprint density at radius 3 is 2.92 bits per heavy atom. The van der Waals surface area contributed by atoms with Crippen molar-refractivity contribution in [1.29, 1.82) is 0 Å². The summed E-state index contributed by atoms with van der Waals surface area (Å²) in [6.45, 7) is 2.05. The molecule has 0 aliphatic rings. The van der Waals surface area contributed by atoms with Crippen LogP contribution < -0.4 is 0 Å². The molecule has 0 aliphatic heterocycles. The first-order valence-electron chi connectivity index (χ1n) is 3.56. The number of phenols is 1. The Morgan fingerprint density at radius 2 is 2.17 bits per heavy atom. The fourth-order valence-electron chi connectivity index (χ4n) is 1.20. The standard InChI is InChI=1S/C9H7IOS/c1-5-4-6-8(12-5)3-2-7(10)9(6)11/h2-4,11H,1H3. The maximum absolute atomic E-state index is 9.67. The third kappa shape index (κ3) is 1.21. The number of hydrogen-bond donors (Lipinski definition) is 1. The van der Waals surface area contributed by atoms with Crippen molar-refractivity contribution < 1.29 is 5.11 Å². The lowest BCUT2D eigenvalue weighted by Crippen LogP contribution is -1.72. The zero-order valence-corrected chi connectivity index (χ0v) is 9.44. The maximum atomic E-state index is 9.67. The Labute approximate surface area is 88.2 Å². The van der Waals surface area contributed by atoms with E-state index < -0.39 is 0 Å².